The van der Waals surface area contributed by atoms with Gasteiger partial charge in [-0.2, -0.15) is 0 Å². The van der Waals surface area contributed by atoms with Crippen LogP contribution in [0.5, 0.6) is 0 Å². The zero-order valence-electron chi connectivity index (χ0n) is 8.84. The molecule has 1 aliphatic rings. The van der Waals surface area contributed by atoms with Crippen LogP contribution in [0, 0.1) is 0 Å². The maximum absolute atomic E-state index is 11.4. The number of hydrogen-bond acceptors (Lipinski definition) is 3. The summed E-state index contributed by atoms with van der Waals surface area (Å²) in [5.74, 6) is -0.101. The van der Waals surface area contributed by atoms with Gasteiger partial charge in [0.05, 0.1) is 6.61 Å². The van der Waals surface area contributed by atoms with Gasteiger partial charge in [0, 0.05) is 12.0 Å². The molecule has 0 unspecified atom stereocenters. The third-order valence-electron chi connectivity index (χ3n) is 2.69. The Bertz CT molecular complexity index is 189. The maximum Gasteiger partial charge on any atom is 0.245 e. The average molecular weight is 200 g/mol. The molecule has 1 aliphatic carbocycles. The molecule has 1 amide bonds. The molecule has 0 aromatic heterocycles. The fourth-order valence-electron chi connectivity index (χ4n) is 1.94. The van der Waals surface area contributed by atoms with Gasteiger partial charge in [-0.1, -0.05) is 19.3 Å². The highest BCUT2D eigenvalue weighted by Gasteiger charge is 2.29. The Hall–Kier alpha value is -0.610. The smallest absolute Gasteiger partial charge is 0.245 e. The second-order valence-corrected chi connectivity index (χ2v) is 4.06. The fourth-order valence-corrected chi connectivity index (χ4v) is 1.94. The Kier molecular flexibility index (Phi) is 4.35. The van der Waals surface area contributed by atoms with Gasteiger partial charge in [-0.15, -0.1) is 0 Å². The lowest BCUT2D eigenvalue weighted by atomic mass is 9.80. The van der Waals surface area contributed by atoms with Crippen LogP contribution in [0.2, 0.25) is 0 Å². The summed E-state index contributed by atoms with van der Waals surface area (Å²) < 4.78 is 0. The Morgan fingerprint density at radius 2 is 2.07 bits per heavy atom. The first-order chi connectivity index (χ1) is 6.66. The molecule has 4 heteroatoms. The summed E-state index contributed by atoms with van der Waals surface area (Å²) in [4.78, 5) is 16.2. The molecule has 0 aromatic carbocycles. The van der Waals surface area contributed by atoms with Gasteiger partial charge in [-0.3, -0.25) is 9.63 Å². The van der Waals surface area contributed by atoms with Gasteiger partial charge >= 0.3 is 0 Å². The summed E-state index contributed by atoms with van der Waals surface area (Å²) in [6.45, 7) is 2.32. The normalized spacial score (nSPS) is 20.4. The number of nitrogens with two attached hydrogens (primary N) is 1. The molecule has 0 aliphatic heterocycles. The Labute approximate surface area is 85.1 Å². The van der Waals surface area contributed by atoms with Crippen molar-refractivity contribution in [3.05, 3.63) is 0 Å². The van der Waals surface area contributed by atoms with Crippen LogP contribution in [0.1, 0.15) is 45.4 Å². The van der Waals surface area contributed by atoms with Crippen molar-refractivity contribution >= 4 is 5.91 Å². The highest BCUT2D eigenvalue weighted by molar-refractivity contribution is 5.76. The number of carbonyl (C=O) groups is 1. The Balaban J connectivity index is 2.29. The minimum Gasteiger partial charge on any atom is -0.325 e. The third-order valence-corrected chi connectivity index (χ3v) is 2.69. The highest BCUT2D eigenvalue weighted by Crippen LogP contribution is 2.28. The van der Waals surface area contributed by atoms with E-state index in [0.717, 1.165) is 25.7 Å². The SMILES string of the molecule is CCONC(=O)CC1(N)CCCCC1. The number of hydroxylamine groups is 1. The van der Waals surface area contributed by atoms with Crippen LogP contribution in [-0.2, 0) is 9.63 Å². The first-order valence-electron chi connectivity index (χ1n) is 5.36. The minimum absolute atomic E-state index is 0.101. The van der Waals surface area contributed by atoms with E-state index in [2.05, 4.69) is 5.48 Å². The van der Waals surface area contributed by atoms with Gasteiger partial charge < -0.3 is 5.73 Å². The number of carbonyl (C=O) groups excluding carboxylic acids is 1. The molecule has 0 bridgehead atoms. The van der Waals surface area contributed by atoms with Gasteiger partial charge in [0.2, 0.25) is 5.91 Å². The number of hydrogen-bond donors (Lipinski definition) is 2. The predicted octanol–water partition coefficient (Wildman–Crippen LogP) is 1.11. The summed E-state index contributed by atoms with van der Waals surface area (Å²) in [5.41, 5.74) is 8.21. The molecule has 0 saturated heterocycles. The first-order valence-corrected chi connectivity index (χ1v) is 5.36. The van der Waals surface area contributed by atoms with Gasteiger partial charge in [0.1, 0.15) is 0 Å². The second-order valence-electron chi connectivity index (χ2n) is 4.06. The highest BCUT2D eigenvalue weighted by atomic mass is 16.6. The first kappa shape index (κ1) is 11.5. The number of rotatable bonds is 4. The fraction of sp³-hybridized carbons (Fsp3) is 0.900. The van der Waals surface area contributed by atoms with Crippen molar-refractivity contribution in [1.82, 2.24) is 5.48 Å². The largest absolute Gasteiger partial charge is 0.325 e. The number of amides is 1. The van der Waals surface area contributed by atoms with E-state index in [-0.39, 0.29) is 11.4 Å². The van der Waals surface area contributed by atoms with E-state index in [1.54, 1.807) is 0 Å². The zero-order valence-corrected chi connectivity index (χ0v) is 8.84. The van der Waals surface area contributed by atoms with Crippen molar-refractivity contribution in [3.63, 3.8) is 0 Å². The van der Waals surface area contributed by atoms with Gasteiger partial charge in [0.15, 0.2) is 0 Å². The van der Waals surface area contributed by atoms with E-state index < -0.39 is 0 Å². The van der Waals surface area contributed by atoms with Gasteiger partial charge in [0.25, 0.3) is 0 Å². The summed E-state index contributed by atoms with van der Waals surface area (Å²) >= 11 is 0. The lowest BCUT2D eigenvalue weighted by Crippen LogP contribution is -2.45. The second kappa shape index (κ2) is 5.32. The van der Waals surface area contributed by atoms with Crippen LogP contribution in [0.15, 0.2) is 0 Å². The van der Waals surface area contributed by atoms with E-state index in [9.17, 15) is 4.79 Å². The molecule has 1 saturated carbocycles. The van der Waals surface area contributed by atoms with E-state index >= 15 is 0 Å². The van der Waals surface area contributed by atoms with Gasteiger partial charge in [-0.25, -0.2) is 5.48 Å². The molecule has 0 radical (unpaired) electrons. The van der Waals surface area contributed by atoms with E-state index in [0.29, 0.717) is 13.0 Å². The topological polar surface area (TPSA) is 64.3 Å². The van der Waals surface area contributed by atoms with Crippen molar-refractivity contribution < 1.29 is 9.63 Å². The molecule has 0 aromatic rings. The predicted molar refractivity (Wildman–Crippen MR) is 54.4 cm³/mol. The number of nitrogens with one attached hydrogen (secondary N) is 1. The zero-order chi connectivity index (χ0) is 10.4. The van der Waals surface area contributed by atoms with Gasteiger partial charge in [-0.05, 0) is 19.8 Å². The van der Waals surface area contributed by atoms with E-state index in [1.807, 2.05) is 6.92 Å². The molecule has 1 rings (SSSR count). The molecule has 0 spiro atoms. The molecule has 4 nitrogen and oxygen atoms in total. The molecule has 14 heavy (non-hydrogen) atoms. The summed E-state index contributed by atoms with van der Waals surface area (Å²) in [6, 6.07) is 0. The van der Waals surface area contributed by atoms with Crippen LogP contribution in [-0.4, -0.2) is 18.1 Å². The van der Waals surface area contributed by atoms with E-state index in [1.165, 1.54) is 6.42 Å². The minimum atomic E-state index is -0.292. The summed E-state index contributed by atoms with van der Waals surface area (Å²) in [7, 11) is 0. The van der Waals surface area contributed by atoms with Crippen molar-refractivity contribution in [2.45, 2.75) is 51.0 Å². The van der Waals surface area contributed by atoms with Crippen LogP contribution in [0.3, 0.4) is 0 Å². The van der Waals surface area contributed by atoms with E-state index in [4.69, 9.17) is 10.6 Å². The molecular weight excluding hydrogens is 180 g/mol. The van der Waals surface area contributed by atoms with Crippen molar-refractivity contribution in [3.8, 4) is 0 Å². The van der Waals surface area contributed by atoms with Crippen LogP contribution < -0.4 is 11.2 Å². The van der Waals surface area contributed by atoms with Crippen molar-refractivity contribution in [2.75, 3.05) is 6.61 Å². The average Bonchev–Trinajstić information content (AvgIpc) is 2.15. The lowest BCUT2D eigenvalue weighted by molar-refractivity contribution is -0.134. The Morgan fingerprint density at radius 1 is 1.43 bits per heavy atom. The monoisotopic (exact) mass is 200 g/mol. The quantitative estimate of drug-likeness (QED) is 0.668. The van der Waals surface area contributed by atoms with Crippen molar-refractivity contribution in [1.29, 1.82) is 0 Å². The molecule has 1 fully saturated rings. The molecule has 0 heterocycles. The maximum atomic E-state index is 11.4. The summed E-state index contributed by atoms with van der Waals surface area (Å²) in [6.07, 6.45) is 5.80. The molecule has 82 valence electrons. The molecule has 0 atom stereocenters. The van der Waals surface area contributed by atoms with Crippen molar-refractivity contribution in [2.24, 2.45) is 5.73 Å². The molecular formula is C10H20N2O2. The standard InChI is InChI=1S/C10H20N2O2/c1-2-14-12-9(13)8-10(11)6-4-3-5-7-10/h2-8,11H2,1H3,(H,12,13). The Morgan fingerprint density at radius 3 is 2.64 bits per heavy atom. The summed E-state index contributed by atoms with van der Waals surface area (Å²) in [5, 5.41) is 0. The lowest BCUT2D eigenvalue weighted by Gasteiger charge is -2.32. The third kappa shape index (κ3) is 3.64. The van der Waals surface area contributed by atoms with Crippen LogP contribution >= 0.6 is 0 Å². The van der Waals surface area contributed by atoms with Crippen LogP contribution in [0.25, 0.3) is 0 Å². The molecule has 3 N–H and O–H groups in total. The van der Waals surface area contributed by atoms with Crippen LogP contribution in [0.4, 0.5) is 0 Å².